The molecule has 27 heavy (non-hydrogen) atoms. The smallest absolute Gasteiger partial charge is 0.271 e. The summed E-state index contributed by atoms with van der Waals surface area (Å²) in [6.45, 7) is 1.35. The summed E-state index contributed by atoms with van der Waals surface area (Å²) in [5.41, 5.74) is 0.213. The van der Waals surface area contributed by atoms with Gasteiger partial charge in [-0.2, -0.15) is 5.26 Å². The summed E-state index contributed by atoms with van der Waals surface area (Å²) in [7, 11) is 1.45. The van der Waals surface area contributed by atoms with Gasteiger partial charge in [0.15, 0.2) is 0 Å². The number of hydrogen-bond acceptors (Lipinski definition) is 6. The van der Waals surface area contributed by atoms with E-state index in [0.29, 0.717) is 15.7 Å². The fourth-order valence-electron chi connectivity index (χ4n) is 2.49. The Morgan fingerprint density at radius 2 is 2.19 bits per heavy atom. The van der Waals surface area contributed by atoms with E-state index in [1.807, 2.05) is 6.07 Å². The molecular weight excluding hydrogens is 420 g/mol. The maximum absolute atomic E-state index is 12.6. The van der Waals surface area contributed by atoms with Gasteiger partial charge in [-0.3, -0.25) is 19.7 Å². The average molecular weight is 435 g/mol. The summed E-state index contributed by atoms with van der Waals surface area (Å²) in [5, 5.41) is 22.6. The van der Waals surface area contributed by atoms with Gasteiger partial charge in [0.1, 0.15) is 18.2 Å². The number of rotatable bonds is 6. The molecule has 2 aromatic rings. The number of nitrogens with zero attached hydrogens (tertiary/aromatic N) is 3. The van der Waals surface area contributed by atoms with Gasteiger partial charge >= 0.3 is 0 Å². The number of nitrogens with one attached hydrogen (secondary N) is 1. The first-order valence-electron chi connectivity index (χ1n) is 7.65. The van der Waals surface area contributed by atoms with Crippen LogP contribution in [0.5, 0.6) is 0 Å². The van der Waals surface area contributed by atoms with Gasteiger partial charge in [0.05, 0.1) is 11.5 Å². The molecule has 0 saturated heterocycles. The fourth-order valence-corrected chi connectivity index (χ4v) is 3.02. The zero-order valence-electron chi connectivity index (χ0n) is 14.5. The Balaban J connectivity index is 2.35. The van der Waals surface area contributed by atoms with Crippen LogP contribution in [0.25, 0.3) is 0 Å². The fraction of sp³-hybridized carbons (Fsp3) is 0.235. The molecule has 1 aromatic carbocycles. The highest BCUT2D eigenvalue weighted by Crippen LogP contribution is 2.23. The minimum absolute atomic E-state index is 0.0697. The number of carbonyl (C=O) groups excluding carboxylic acids is 1. The number of nitro groups is 1. The van der Waals surface area contributed by atoms with Crippen LogP contribution in [0, 0.1) is 28.4 Å². The number of non-ortho nitro benzene ring substituents is 1. The molecule has 0 spiro atoms. The minimum Gasteiger partial charge on any atom is -0.380 e. The van der Waals surface area contributed by atoms with Gasteiger partial charge < -0.3 is 14.6 Å². The summed E-state index contributed by atoms with van der Waals surface area (Å²) < 4.78 is 6.69. The van der Waals surface area contributed by atoms with E-state index < -0.39 is 16.4 Å². The highest BCUT2D eigenvalue weighted by atomic mass is 79.9. The molecule has 10 heteroatoms. The third-order valence-electron chi connectivity index (χ3n) is 3.79. The Kier molecular flexibility index (Phi) is 6.44. The second kappa shape index (κ2) is 8.57. The maximum Gasteiger partial charge on any atom is 0.271 e. The van der Waals surface area contributed by atoms with E-state index in [1.54, 1.807) is 6.92 Å². The number of hydrogen-bond donors (Lipinski definition) is 1. The number of benzene rings is 1. The van der Waals surface area contributed by atoms with Crippen molar-refractivity contribution in [2.75, 3.05) is 12.4 Å². The first-order chi connectivity index (χ1) is 12.8. The van der Waals surface area contributed by atoms with Gasteiger partial charge in [0.25, 0.3) is 11.2 Å². The van der Waals surface area contributed by atoms with Gasteiger partial charge in [-0.25, -0.2) is 0 Å². The topological polar surface area (TPSA) is 127 Å². The zero-order chi connectivity index (χ0) is 20.1. The van der Waals surface area contributed by atoms with Crippen LogP contribution >= 0.6 is 15.9 Å². The predicted molar refractivity (Wildman–Crippen MR) is 100 cm³/mol. The summed E-state index contributed by atoms with van der Waals surface area (Å²) in [6.07, 6.45) is 0. The van der Waals surface area contributed by atoms with Gasteiger partial charge in [0.2, 0.25) is 5.91 Å². The molecule has 0 atom stereocenters. The molecule has 0 unspecified atom stereocenters. The second-order valence-corrected chi connectivity index (χ2v) is 6.34. The van der Waals surface area contributed by atoms with Crippen LogP contribution in [-0.4, -0.2) is 22.5 Å². The van der Waals surface area contributed by atoms with Crippen molar-refractivity contribution >= 4 is 33.2 Å². The molecule has 0 aliphatic rings. The maximum atomic E-state index is 12.6. The molecule has 0 aliphatic carbocycles. The molecular formula is C17H15BrN4O5. The van der Waals surface area contributed by atoms with Crippen LogP contribution in [0.1, 0.15) is 16.8 Å². The summed E-state index contributed by atoms with van der Waals surface area (Å²) in [6, 6.07) is 7.30. The molecule has 9 nitrogen and oxygen atoms in total. The normalized spacial score (nSPS) is 10.3. The second-order valence-electron chi connectivity index (χ2n) is 5.54. The molecule has 0 aliphatic heterocycles. The predicted octanol–water partition coefficient (Wildman–Crippen LogP) is 2.48. The van der Waals surface area contributed by atoms with Crippen molar-refractivity contribution in [3.05, 3.63) is 66.0 Å². The average Bonchev–Trinajstić information content (AvgIpc) is 2.63. The number of anilines is 1. The van der Waals surface area contributed by atoms with Crippen molar-refractivity contribution in [1.29, 1.82) is 5.26 Å². The Morgan fingerprint density at radius 3 is 2.78 bits per heavy atom. The van der Waals surface area contributed by atoms with Gasteiger partial charge in [-0.05, 0) is 28.9 Å². The van der Waals surface area contributed by atoms with Crippen LogP contribution in [-0.2, 0) is 22.7 Å². The molecule has 140 valence electrons. The van der Waals surface area contributed by atoms with Crippen molar-refractivity contribution in [2.45, 2.75) is 20.1 Å². The summed E-state index contributed by atoms with van der Waals surface area (Å²) in [5.74, 6) is -0.559. The minimum atomic E-state index is -0.612. The van der Waals surface area contributed by atoms with Crippen LogP contribution < -0.4 is 10.9 Å². The van der Waals surface area contributed by atoms with E-state index in [9.17, 15) is 25.0 Å². The summed E-state index contributed by atoms with van der Waals surface area (Å²) >= 11 is 3.34. The largest absolute Gasteiger partial charge is 0.380 e. The number of aromatic nitrogens is 1. The number of nitro benzene ring substituents is 1. The Labute approximate surface area is 162 Å². The quantitative estimate of drug-likeness (QED) is 0.549. The summed E-state index contributed by atoms with van der Waals surface area (Å²) in [4.78, 5) is 35.2. The number of ether oxygens (including phenoxy) is 1. The number of nitriles is 1. The highest BCUT2D eigenvalue weighted by molar-refractivity contribution is 9.10. The molecule has 0 radical (unpaired) electrons. The molecule has 1 aromatic heterocycles. The molecule has 2 rings (SSSR count). The Hall–Kier alpha value is -3.03. The van der Waals surface area contributed by atoms with Crippen molar-refractivity contribution in [1.82, 2.24) is 4.57 Å². The third-order valence-corrected chi connectivity index (χ3v) is 4.84. The Morgan fingerprint density at radius 1 is 1.48 bits per heavy atom. The van der Waals surface area contributed by atoms with Crippen LogP contribution in [0.3, 0.4) is 0 Å². The molecule has 1 N–H and O–H groups in total. The van der Waals surface area contributed by atoms with Crippen LogP contribution in [0.4, 0.5) is 11.4 Å². The van der Waals surface area contributed by atoms with Crippen LogP contribution in [0.15, 0.2) is 33.5 Å². The van der Waals surface area contributed by atoms with E-state index in [0.717, 1.165) is 4.57 Å². The first kappa shape index (κ1) is 20.3. The number of methoxy groups -OCH3 is 1. The first-order valence-corrected chi connectivity index (χ1v) is 8.44. The van der Waals surface area contributed by atoms with Crippen molar-refractivity contribution < 1.29 is 14.5 Å². The number of pyridine rings is 1. The molecule has 0 bridgehead atoms. The SMILES string of the molecule is COCc1c(Br)c(C)n(CC(=O)Nc2cccc([N+](=O)[O-])c2)c(=O)c1C#N. The lowest BCUT2D eigenvalue weighted by atomic mass is 10.1. The standard InChI is InChI=1S/C17H15BrN4O5/c1-10-16(18)14(9-27-2)13(7-19)17(24)21(10)8-15(23)20-11-4-3-5-12(6-11)22(25)26/h3-6H,8-9H2,1-2H3,(H,20,23). The van der Waals surface area contributed by atoms with Gasteiger partial charge in [-0.1, -0.05) is 6.07 Å². The van der Waals surface area contributed by atoms with E-state index in [4.69, 9.17) is 4.74 Å². The van der Waals surface area contributed by atoms with Crippen LogP contribution in [0.2, 0.25) is 0 Å². The lowest BCUT2D eigenvalue weighted by molar-refractivity contribution is -0.384. The van der Waals surface area contributed by atoms with Crippen molar-refractivity contribution in [3.8, 4) is 6.07 Å². The lowest BCUT2D eigenvalue weighted by Gasteiger charge is -2.16. The van der Waals surface area contributed by atoms with E-state index in [-0.39, 0.29) is 30.1 Å². The molecule has 1 heterocycles. The third kappa shape index (κ3) is 4.39. The van der Waals surface area contributed by atoms with Gasteiger partial charge in [0, 0.05) is 40.7 Å². The monoisotopic (exact) mass is 434 g/mol. The molecule has 0 fully saturated rings. The van der Waals surface area contributed by atoms with Crippen molar-refractivity contribution in [2.24, 2.45) is 0 Å². The number of carbonyl (C=O) groups is 1. The number of halogens is 1. The molecule has 1 amide bonds. The Bertz CT molecular complexity index is 1010. The zero-order valence-corrected chi connectivity index (χ0v) is 16.1. The molecule has 0 saturated carbocycles. The van der Waals surface area contributed by atoms with E-state index >= 15 is 0 Å². The van der Waals surface area contributed by atoms with E-state index in [2.05, 4.69) is 21.2 Å². The highest BCUT2D eigenvalue weighted by Gasteiger charge is 2.19. The van der Waals surface area contributed by atoms with Gasteiger partial charge in [-0.15, -0.1) is 0 Å². The number of amides is 1. The van der Waals surface area contributed by atoms with E-state index in [1.165, 1.54) is 31.4 Å². The van der Waals surface area contributed by atoms with Crippen molar-refractivity contribution in [3.63, 3.8) is 0 Å². The lowest BCUT2D eigenvalue weighted by Crippen LogP contribution is -2.32.